The summed E-state index contributed by atoms with van der Waals surface area (Å²) in [5.74, 6) is 0. The van der Waals surface area contributed by atoms with E-state index < -0.39 is 11.7 Å². The van der Waals surface area contributed by atoms with Crippen molar-refractivity contribution >= 4 is 38.9 Å². The van der Waals surface area contributed by atoms with E-state index in [-0.39, 0.29) is 0 Å². The van der Waals surface area contributed by atoms with E-state index in [4.69, 9.17) is 4.74 Å². The molecule has 1 heterocycles. The van der Waals surface area contributed by atoms with Crippen LogP contribution < -0.4 is 4.90 Å². The molecule has 0 aliphatic heterocycles. The molecule has 0 N–H and O–H groups in total. The molecule has 0 saturated heterocycles. The van der Waals surface area contributed by atoms with Crippen LogP contribution in [-0.2, 0) is 4.74 Å². The van der Waals surface area contributed by atoms with Gasteiger partial charge in [0.25, 0.3) is 0 Å². The fourth-order valence-corrected chi connectivity index (χ4v) is 3.51. The summed E-state index contributed by atoms with van der Waals surface area (Å²) in [7, 11) is 0. The van der Waals surface area contributed by atoms with E-state index in [1.54, 1.807) is 11.3 Å². The summed E-state index contributed by atoms with van der Waals surface area (Å²) in [6, 6.07) is 19.7. The molecule has 0 unspecified atom stereocenters. The number of benzene rings is 2. The van der Waals surface area contributed by atoms with Crippen LogP contribution in [0.3, 0.4) is 0 Å². The molecule has 3 aromatic rings. The normalized spacial score (nSPS) is 11.3. The van der Waals surface area contributed by atoms with Crippen LogP contribution >= 0.6 is 11.3 Å². The van der Waals surface area contributed by atoms with E-state index >= 15 is 0 Å². The maximum absolute atomic E-state index is 12.8. The number of anilines is 1. The molecule has 0 saturated carbocycles. The lowest BCUT2D eigenvalue weighted by molar-refractivity contribution is 0.0600. The molecule has 0 spiro atoms. The fraction of sp³-hybridized carbons (Fsp3) is 0.190. The smallest absolute Gasteiger partial charge is 0.419 e. The van der Waals surface area contributed by atoms with Gasteiger partial charge in [-0.05, 0) is 50.4 Å². The minimum absolute atomic E-state index is 0.429. The van der Waals surface area contributed by atoms with Gasteiger partial charge in [-0.3, -0.25) is 0 Å². The SMILES string of the molecule is C=C(c1cc2ccccc2s1)N(C(=O)OC(C)(C)C)c1ccccc1. The summed E-state index contributed by atoms with van der Waals surface area (Å²) in [6.45, 7) is 9.76. The van der Waals surface area contributed by atoms with E-state index in [0.717, 1.165) is 20.7 Å². The van der Waals surface area contributed by atoms with Crippen molar-refractivity contribution in [2.75, 3.05) is 4.90 Å². The molecule has 0 atom stereocenters. The third-order valence-corrected chi connectivity index (χ3v) is 4.74. The zero-order valence-corrected chi connectivity index (χ0v) is 15.5. The third-order valence-electron chi connectivity index (χ3n) is 3.57. The van der Waals surface area contributed by atoms with Crippen molar-refractivity contribution < 1.29 is 9.53 Å². The maximum Gasteiger partial charge on any atom is 0.419 e. The van der Waals surface area contributed by atoms with Crippen molar-refractivity contribution in [3.63, 3.8) is 0 Å². The summed E-state index contributed by atoms with van der Waals surface area (Å²) in [6.07, 6.45) is -0.429. The molecule has 0 bridgehead atoms. The van der Waals surface area contributed by atoms with Gasteiger partial charge in [0.1, 0.15) is 5.60 Å². The standard InChI is InChI=1S/C21H21NO2S/c1-15(19-14-16-10-8-9-13-18(16)25-19)22(17-11-6-5-7-12-17)20(23)24-21(2,3)4/h5-14H,1H2,2-4H3. The first-order valence-corrected chi connectivity index (χ1v) is 8.93. The number of nitrogens with zero attached hydrogens (tertiary/aromatic N) is 1. The number of hydrogen-bond acceptors (Lipinski definition) is 3. The first-order valence-electron chi connectivity index (χ1n) is 8.11. The first-order chi connectivity index (χ1) is 11.8. The van der Waals surface area contributed by atoms with Crippen LogP contribution in [0.1, 0.15) is 25.6 Å². The zero-order chi connectivity index (χ0) is 18.0. The van der Waals surface area contributed by atoms with E-state index in [1.807, 2.05) is 63.2 Å². The predicted octanol–water partition coefficient (Wildman–Crippen LogP) is 6.31. The van der Waals surface area contributed by atoms with E-state index in [2.05, 4.69) is 24.8 Å². The number of para-hydroxylation sites is 1. The zero-order valence-electron chi connectivity index (χ0n) is 14.7. The van der Waals surface area contributed by atoms with Crippen molar-refractivity contribution in [3.05, 3.63) is 72.1 Å². The highest BCUT2D eigenvalue weighted by molar-refractivity contribution is 7.20. The van der Waals surface area contributed by atoms with Crippen molar-refractivity contribution in [1.29, 1.82) is 0 Å². The van der Waals surface area contributed by atoms with Crippen LogP contribution in [-0.4, -0.2) is 11.7 Å². The Morgan fingerprint density at radius 2 is 1.68 bits per heavy atom. The summed E-state index contributed by atoms with van der Waals surface area (Å²) in [5, 5.41) is 1.14. The lowest BCUT2D eigenvalue weighted by atomic mass is 10.2. The minimum Gasteiger partial charge on any atom is -0.443 e. The van der Waals surface area contributed by atoms with Crippen molar-refractivity contribution in [1.82, 2.24) is 0 Å². The Morgan fingerprint density at radius 1 is 1.04 bits per heavy atom. The van der Waals surface area contributed by atoms with Gasteiger partial charge in [0.05, 0.1) is 16.3 Å². The van der Waals surface area contributed by atoms with Gasteiger partial charge in [0.2, 0.25) is 0 Å². The maximum atomic E-state index is 12.8. The van der Waals surface area contributed by atoms with Gasteiger partial charge in [-0.15, -0.1) is 11.3 Å². The highest BCUT2D eigenvalue weighted by Gasteiger charge is 2.26. The Balaban J connectivity index is 2.01. The molecule has 0 radical (unpaired) electrons. The second-order valence-electron chi connectivity index (χ2n) is 6.75. The molecular weight excluding hydrogens is 330 g/mol. The van der Waals surface area contributed by atoms with Crippen LogP contribution in [0.4, 0.5) is 10.5 Å². The quantitative estimate of drug-likeness (QED) is 0.553. The Morgan fingerprint density at radius 3 is 2.32 bits per heavy atom. The van der Waals surface area contributed by atoms with Crippen LogP contribution in [0.2, 0.25) is 0 Å². The van der Waals surface area contributed by atoms with Gasteiger partial charge in [-0.25, -0.2) is 9.69 Å². The highest BCUT2D eigenvalue weighted by Crippen LogP contribution is 2.34. The molecule has 25 heavy (non-hydrogen) atoms. The molecular formula is C21H21NO2S. The van der Waals surface area contributed by atoms with E-state index in [0.29, 0.717) is 5.70 Å². The summed E-state index contributed by atoms with van der Waals surface area (Å²) in [4.78, 5) is 15.3. The fourth-order valence-electron chi connectivity index (χ4n) is 2.49. The van der Waals surface area contributed by atoms with Gasteiger partial charge in [0.15, 0.2) is 0 Å². The number of rotatable bonds is 3. The Bertz CT molecular complexity index is 873. The summed E-state index contributed by atoms with van der Waals surface area (Å²) < 4.78 is 6.76. The van der Waals surface area contributed by atoms with Gasteiger partial charge >= 0.3 is 6.09 Å². The molecule has 1 amide bonds. The third kappa shape index (κ3) is 3.91. The monoisotopic (exact) mass is 351 g/mol. The Hall–Kier alpha value is -2.59. The second-order valence-corrected chi connectivity index (χ2v) is 7.83. The van der Waals surface area contributed by atoms with Crippen molar-refractivity contribution in [3.8, 4) is 0 Å². The minimum atomic E-state index is -0.579. The van der Waals surface area contributed by atoms with E-state index in [1.165, 1.54) is 4.90 Å². The Kier molecular flexibility index (Phi) is 4.64. The number of carbonyl (C=O) groups excluding carboxylic acids is 1. The lowest BCUT2D eigenvalue weighted by Crippen LogP contribution is -2.35. The van der Waals surface area contributed by atoms with Gasteiger partial charge < -0.3 is 4.74 Å². The molecule has 0 aliphatic rings. The van der Waals surface area contributed by atoms with Crippen molar-refractivity contribution in [2.45, 2.75) is 26.4 Å². The molecule has 3 nitrogen and oxygen atoms in total. The molecule has 4 heteroatoms. The van der Waals surface area contributed by atoms with Crippen molar-refractivity contribution in [2.24, 2.45) is 0 Å². The second kappa shape index (κ2) is 6.73. The number of thiophene rings is 1. The molecule has 0 fully saturated rings. The van der Waals surface area contributed by atoms with Crippen LogP contribution in [0.5, 0.6) is 0 Å². The molecule has 128 valence electrons. The Labute approximate surface area is 152 Å². The number of hydrogen-bond donors (Lipinski definition) is 0. The van der Waals surface area contributed by atoms with Gasteiger partial charge in [-0.2, -0.15) is 0 Å². The van der Waals surface area contributed by atoms with Crippen LogP contribution in [0, 0.1) is 0 Å². The molecule has 1 aromatic heterocycles. The summed E-state index contributed by atoms with van der Waals surface area (Å²) >= 11 is 1.61. The first kappa shape index (κ1) is 17.2. The average molecular weight is 351 g/mol. The van der Waals surface area contributed by atoms with E-state index in [9.17, 15) is 4.79 Å². The largest absolute Gasteiger partial charge is 0.443 e. The number of ether oxygens (including phenoxy) is 1. The average Bonchev–Trinajstić information content (AvgIpc) is 2.98. The summed E-state index contributed by atoms with van der Waals surface area (Å²) in [5.41, 5.74) is 0.769. The molecule has 2 aromatic carbocycles. The van der Waals surface area contributed by atoms with Crippen LogP contribution in [0.25, 0.3) is 15.8 Å². The highest BCUT2D eigenvalue weighted by atomic mass is 32.1. The molecule has 0 aliphatic carbocycles. The number of fused-ring (bicyclic) bond motifs is 1. The number of amides is 1. The molecule has 3 rings (SSSR count). The lowest BCUT2D eigenvalue weighted by Gasteiger charge is -2.28. The number of carbonyl (C=O) groups is 1. The van der Waals surface area contributed by atoms with Crippen LogP contribution in [0.15, 0.2) is 67.2 Å². The van der Waals surface area contributed by atoms with Gasteiger partial charge in [-0.1, -0.05) is 43.0 Å². The predicted molar refractivity (Wildman–Crippen MR) is 106 cm³/mol. The topological polar surface area (TPSA) is 29.5 Å². The van der Waals surface area contributed by atoms with Gasteiger partial charge in [0, 0.05) is 4.70 Å².